The Hall–Kier alpha value is 0.110. The molecule has 3 heteroatoms. The summed E-state index contributed by atoms with van der Waals surface area (Å²) in [6.07, 6.45) is 1.15. The summed E-state index contributed by atoms with van der Waals surface area (Å²) in [7, 11) is 0. The number of hydrogen-bond donors (Lipinski definition) is 0. The van der Waals surface area contributed by atoms with Gasteiger partial charge in [0.2, 0.25) is 0 Å². The van der Waals surface area contributed by atoms with Gasteiger partial charge in [-0.3, -0.25) is 0 Å². The van der Waals surface area contributed by atoms with Crippen molar-refractivity contribution in [1.82, 2.24) is 4.37 Å². The molecule has 0 aliphatic heterocycles. The predicted molar refractivity (Wildman–Crippen MR) is 62.9 cm³/mol. The summed E-state index contributed by atoms with van der Waals surface area (Å²) < 4.78 is 4.32. The standard InChI is InChI=1S/C10H16BrNS/c1-7(11)6-10(3,4)9-5-8(2)12-13-9/h5,7H,6H2,1-4H3. The van der Waals surface area contributed by atoms with Gasteiger partial charge in [-0.15, -0.1) is 0 Å². The molecule has 13 heavy (non-hydrogen) atoms. The van der Waals surface area contributed by atoms with E-state index in [1.165, 1.54) is 4.88 Å². The van der Waals surface area contributed by atoms with Gasteiger partial charge in [0.1, 0.15) is 0 Å². The van der Waals surface area contributed by atoms with Crippen LogP contribution >= 0.6 is 27.5 Å². The highest BCUT2D eigenvalue weighted by atomic mass is 79.9. The number of rotatable bonds is 3. The highest BCUT2D eigenvalue weighted by Crippen LogP contribution is 2.33. The van der Waals surface area contributed by atoms with Gasteiger partial charge in [0.15, 0.2) is 0 Å². The lowest BCUT2D eigenvalue weighted by atomic mass is 9.86. The second-order valence-electron chi connectivity index (χ2n) is 4.20. The van der Waals surface area contributed by atoms with Crippen LogP contribution in [0, 0.1) is 6.92 Å². The van der Waals surface area contributed by atoms with Crippen molar-refractivity contribution in [3.8, 4) is 0 Å². The van der Waals surface area contributed by atoms with Crippen LogP contribution in [-0.2, 0) is 5.41 Å². The van der Waals surface area contributed by atoms with Gasteiger partial charge in [0, 0.05) is 15.1 Å². The Labute approximate surface area is 92.9 Å². The van der Waals surface area contributed by atoms with Crippen molar-refractivity contribution >= 4 is 27.5 Å². The lowest BCUT2D eigenvalue weighted by Gasteiger charge is -2.23. The Morgan fingerprint density at radius 2 is 2.23 bits per heavy atom. The molecule has 0 fully saturated rings. The lowest BCUT2D eigenvalue weighted by Crippen LogP contribution is -2.19. The first-order valence-corrected chi connectivity index (χ1v) is 6.18. The van der Waals surface area contributed by atoms with E-state index < -0.39 is 0 Å². The van der Waals surface area contributed by atoms with Gasteiger partial charge in [-0.25, -0.2) is 0 Å². The fourth-order valence-corrected chi connectivity index (χ4v) is 3.14. The topological polar surface area (TPSA) is 12.9 Å². The summed E-state index contributed by atoms with van der Waals surface area (Å²) in [6, 6.07) is 2.19. The zero-order valence-electron chi connectivity index (χ0n) is 8.60. The second-order valence-corrected chi connectivity index (χ2v) is 6.57. The molecule has 0 aliphatic rings. The Morgan fingerprint density at radius 3 is 2.62 bits per heavy atom. The van der Waals surface area contributed by atoms with Crippen LogP contribution in [0.5, 0.6) is 0 Å². The van der Waals surface area contributed by atoms with E-state index >= 15 is 0 Å². The first kappa shape index (κ1) is 11.2. The molecule has 0 spiro atoms. The molecule has 0 aromatic carbocycles. The van der Waals surface area contributed by atoms with E-state index in [1.807, 2.05) is 6.92 Å². The number of nitrogens with zero attached hydrogens (tertiary/aromatic N) is 1. The fraction of sp³-hybridized carbons (Fsp3) is 0.700. The van der Waals surface area contributed by atoms with Crippen LogP contribution in [0.3, 0.4) is 0 Å². The van der Waals surface area contributed by atoms with Crippen LogP contribution in [0.15, 0.2) is 6.07 Å². The Balaban J connectivity index is 2.80. The molecular formula is C10H16BrNS. The number of hydrogen-bond acceptors (Lipinski definition) is 2. The van der Waals surface area contributed by atoms with Crippen LogP contribution in [0.1, 0.15) is 37.8 Å². The van der Waals surface area contributed by atoms with E-state index in [2.05, 4.69) is 47.1 Å². The van der Waals surface area contributed by atoms with Crippen molar-refractivity contribution in [2.45, 2.75) is 44.4 Å². The van der Waals surface area contributed by atoms with Crippen LogP contribution in [0.25, 0.3) is 0 Å². The minimum absolute atomic E-state index is 0.245. The van der Waals surface area contributed by atoms with E-state index in [1.54, 1.807) is 11.5 Å². The maximum absolute atomic E-state index is 4.32. The van der Waals surface area contributed by atoms with Crippen molar-refractivity contribution in [1.29, 1.82) is 0 Å². The summed E-state index contributed by atoms with van der Waals surface area (Å²) in [5.41, 5.74) is 1.38. The van der Waals surface area contributed by atoms with Gasteiger partial charge in [-0.1, -0.05) is 36.7 Å². The van der Waals surface area contributed by atoms with Crippen molar-refractivity contribution in [2.75, 3.05) is 0 Å². The molecule has 0 aliphatic carbocycles. The SMILES string of the molecule is Cc1cc(C(C)(C)CC(C)Br)sn1. The van der Waals surface area contributed by atoms with Gasteiger partial charge < -0.3 is 0 Å². The molecule has 0 radical (unpaired) electrons. The molecule has 1 heterocycles. The highest BCUT2D eigenvalue weighted by molar-refractivity contribution is 9.09. The largest absolute Gasteiger partial charge is 0.198 e. The Bertz CT molecular complexity index is 278. The van der Waals surface area contributed by atoms with Crippen molar-refractivity contribution in [3.63, 3.8) is 0 Å². The molecule has 1 atom stereocenters. The van der Waals surface area contributed by atoms with Crippen LogP contribution in [0.4, 0.5) is 0 Å². The smallest absolute Gasteiger partial charge is 0.0514 e. The maximum Gasteiger partial charge on any atom is 0.0514 e. The van der Waals surface area contributed by atoms with Gasteiger partial charge in [-0.2, -0.15) is 4.37 Å². The van der Waals surface area contributed by atoms with Gasteiger partial charge in [0.25, 0.3) is 0 Å². The molecule has 1 nitrogen and oxygen atoms in total. The summed E-state index contributed by atoms with van der Waals surface area (Å²) in [5.74, 6) is 0. The van der Waals surface area contributed by atoms with Gasteiger partial charge in [0.05, 0.1) is 5.69 Å². The Kier molecular flexibility index (Phi) is 3.52. The first-order valence-electron chi connectivity index (χ1n) is 4.50. The molecule has 0 saturated heterocycles. The summed E-state index contributed by atoms with van der Waals surface area (Å²) in [5, 5.41) is 0. The first-order chi connectivity index (χ1) is 5.92. The van der Waals surface area contributed by atoms with E-state index in [9.17, 15) is 0 Å². The number of halogens is 1. The molecule has 1 unspecified atom stereocenters. The third-order valence-electron chi connectivity index (χ3n) is 2.09. The lowest BCUT2D eigenvalue weighted by molar-refractivity contribution is 0.492. The van der Waals surface area contributed by atoms with E-state index in [0.717, 1.165) is 12.1 Å². The van der Waals surface area contributed by atoms with Crippen molar-refractivity contribution < 1.29 is 0 Å². The van der Waals surface area contributed by atoms with E-state index in [0.29, 0.717) is 4.83 Å². The number of aromatic nitrogens is 1. The third-order valence-corrected chi connectivity index (χ3v) is 3.66. The summed E-state index contributed by atoms with van der Waals surface area (Å²) >= 11 is 5.23. The minimum atomic E-state index is 0.245. The van der Waals surface area contributed by atoms with Gasteiger partial charge >= 0.3 is 0 Å². The third kappa shape index (κ3) is 3.06. The zero-order chi connectivity index (χ0) is 10.1. The van der Waals surface area contributed by atoms with E-state index in [-0.39, 0.29) is 5.41 Å². The normalized spacial score (nSPS) is 14.5. The summed E-state index contributed by atoms with van der Waals surface area (Å²) in [4.78, 5) is 1.95. The summed E-state index contributed by atoms with van der Waals surface area (Å²) in [6.45, 7) is 8.79. The zero-order valence-corrected chi connectivity index (χ0v) is 11.0. The molecular weight excluding hydrogens is 246 g/mol. The molecule has 1 rings (SSSR count). The minimum Gasteiger partial charge on any atom is -0.198 e. The molecule has 0 saturated carbocycles. The Morgan fingerprint density at radius 1 is 1.62 bits per heavy atom. The fourth-order valence-electron chi connectivity index (χ4n) is 1.49. The van der Waals surface area contributed by atoms with Crippen molar-refractivity contribution in [3.05, 3.63) is 16.6 Å². The van der Waals surface area contributed by atoms with Crippen molar-refractivity contribution in [2.24, 2.45) is 0 Å². The highest BCUT2D eigenvalue weighted by Gasteiger charge is 2.24. The molecule has 74 valence electrons. The van der Waals surface area contributed by atoms with Crippen LogP contribution < -0.4 is 0 Å². The number of alkyl halides is 1. The van der Waals surface area contributed by atoms with Crippen LogP contribution in [-0.4, -0.2) is 9.20 Å². The molecule has 1 aromatic rings. The number of aryl methyl sites for hydroxylation is 1. The molecule has 1 aromatic heterocycles. The molecule has 0 amide bonds. The second kappa shape index (κ2) is 4.09. The average Bonchev–Trinajstić information content (AvgIpc) is 2.32. The predicted octanol–water partition coefficient (Wildman–Crippen LogP) is 3.90. The molecule has 0 N–H and O–H groups in total. The van der Waals surface area contributed by atoms with E-state index in [4.69, 9.17) is 0 Å². The average molecular weight is 262 g/mol. The monoisotopic (exact) mass is 261 g/mol. The quantitative estimate of drug-likeness (QED) is 0.753. The maximum atomic E-state index is 4.32. The van der Waals surface area contributed by atoms with Crippen LogP contribution in [0.2, 0.25) is 0 Å². The molecule has 0 bridgehead atoms. The van der Waals surface area contributed by atoms with Gasteiger partial charge in [-0.05, 0) is 30.9 Å².